The number of hydrogen-bond donors (Lipinski definition) is 1. The van der Waals surface area contributed by atoms with Gasteiger partial charge in [0.05, 0.1) is 10.7 Å². The number of aromatic nitrogens is 1. The molecule has 0 saturated carbocycles. The van der Waals surface area contributed by atoms with Crippen LogP contribution in [0.4, 0.5) is 0 Å². The molecule has 15 heavy (non-hydrogen) atoms. The van der Waals surface area contributed by atoms with E-state index in [-0.39, 0.29) is 0 Å². The van der Waals surface area contributed by atoms with Gasteiger partial charge in [0.15, 0.2) is 0 Å². The Labute approximate surface area is 94.9 Å². The number of aryl methyl sites for hydroxylation is 1. The lowest BCUT2D eigenvalue weighted by Gasteiger charge is -2.14. The van der Waals surface area contributed by atoms with Crippen molar-refractivity contribution >= 4 is 11.3 Å². The van der Waals surface area contributed by atoms with Crippen molar-refractivity contribution < 1.29 is 4.74 Å². The predicted octanol–water partition coefficient (Wildman–Crippen LogP) is 2.11. The van der Waals surface area contributed by atoms with Crippen LogP contribution in [0.2, 0.25) is 0 Å². The summed E-state index contributed by atoms with van der Waals surface area (Å²) in [6, 6.07) is 0.606. The average Bonchev–Trinajstić information content (AvgIpc) is 2.52. The summed E-state index contributed by atoms with van der Waals surface area (Å²) in [5, 5.41) is 6.84. The molecule has 1 aliphatic rings. The highest BCUT2D eigenvalue weighted by atomic mass is 32.1. The van der Waals surface area contributed by atoms with Crippen molar-refractivity contribution in [3.63, 3.8) is 0 Å². The summed E-state index contributed by atoms with van der Waals surface area (Å²) in [4.78, 5) is 4.44. The largest absolute Gasteiger partial charge is 0.381 e. The molecule has 0 spiro atoms. The third-order valence-corrected chi connectivity index (χ3v) is 3.51. The molecule has 1 atom stereocenters. The van der Waals surface area contributed by atoms with Gasteiger partial charge in [-0.1, -0.05) is 0 Å². The Morgan fingerprint density at radius 2 is 2.47 bits per heavy atom. The van der Waals surface area contributed by atoms with E-state index in [9.17, 15) is 0 Å². The number of ether oxygens (including phenoxy) is 1. The molecule has 0 amide bonds. The molecule has 0 aromatic carbocycles. The summed E-state index contributed by atoms with van der Waals surface area (Å²) in [6.07, 6.45) is 3.53. The SMILES string of the molecule is Cc1nc(CNC2CCCOCC2)cs1. The molecule has 4 heteroatoms. The normalized spacial score (nSPS) is 22.6. The highest BCUT2D eigenvalue weighted by Crippen LogP contribution is 2.11. The third-order valence-electron chi connectivity index (χ3n) is 2.69. The summed E-state index contributed by atoms with van der Waals surface area (Å²) in [5.74, 6) is 0. The molecule has 1 aliphatic heterocycles. The van der Waals surface area contributed by atoms with Crippen LogP contribution < -0.4 is 5.32 Å². The molecule has 0 aliphatic carbocycles. The van der Waals surface area contributed by atoms with Crippen LogP contribution in [0, 0.1) is 6.92 Å². The maximum Gasteiger partial charge on any atom is 0.0897 e. The van der Waals surface area contributed by atoms with E-state index in [0.717, 1.165) is 31.2 Å². The zero-order valence-electron chi connectivity index (χ0n) is 9.16. The van der Waals surface area contributed by atoms with Crippen molar-refractivity contribution in [2.24, 2.45) is 0 Å². The highest BCUT2D eigenvalue weighted by Gasteiger charge is 2.11. The maximum absolute atomic E-state index is 5.43. The predicted molar refractivity (Wildman–Crippen MR) is 62.1 cm³/mol. The van der Waals surface area contributed by atoms with E-state index in [1.54, 1.807) is 11.3 Å². The van der Waals surface area contributed by atoms with Gasteiger partial charge in [0.2, 0.25) is 0 Å². The van der Waals surface area contributed by atoms with Crippen molar-refractivity contribution in [3.05, 3.63) is 16.1 Å². The quantitative estimate of drug-likeness (QED) is 0.857. The lowest BCUT2D eigenvalue weighted by molar-refractivity contribution is 0.142. The first-order chi connectivity index (χ1) is 7.34. The van der Waals surface area contributed by atoms with Gasteiger partial charge < -0.3 is 10.1 Å². The molecule has 3 nitrogen and oxygen atoms in total. The molecule has 84 valence electrons. The third kappa shape index (κ3) is 3.55. The minimum atomic E-state index is 0.606. The van der Waals surface area contributed by atoms with Crippen molar-refractivity contribution in [2.75, 3.05) is 13.2 Å². The summed E-state index contributed by atoms with van der Waals surface area (Å²) < 4.78 is 5.43. The van der Waals surface area contributed by atoms with Crippen LogP contribution in [0.1, 0.15) is 30.0 Å². The van der Waals surface area contributed by atoms with Gasteiger partial charge in [-0.15, -0.1) is 11.3 Å². The van der Waals surface area contributed by atoms with E-state index in [0.29, 0.717) is 6.04 Å². The van der Waals surface area contributed by atoms with Gasteiger partial charge in [0.25, 0.3) is 0 Å². The monoisotopic (exact) mass is 226 g/mol. The number of rotatable bonds is 3. The molecule has 0 bridgehead atoms. The molecule has 1 unspecified atom stereocenters. The van der Waals surface area contributed by atoms with Crippen LogP contribution in [-0.2, 0) is 11.3 Å². The maximum atomic E-state index is 5.43. The fourth-order valence-corrected chi connectivity index (χ4v) is 2.46. The summed E-state index contributed by atoms with van der Waals surface area (Å²) in [5.41, 5.74) is 1.17. The zero-order chi connectivity index (χ0) is 10.5. The molecule has 1 saturated heterocycles. The van der Waals surface area contributed by atoms with E-state index in [1.807, 2.05) is 6.92 Å². The van der Waals surface area contributed by atoms with Gasteiger partial charge >= 0.3 is 0 Å². The van der Waals surface area contributed by atoms with Crippen molar-refractivity contribution in [3.8, 4) is 0 Å². The van der Waals surface area contributed by atoms with Crippen molar-refractivity contribution in [1.29, 1.82) is 0 Å². The minimum absolute atomic E-state index is 0.606. The molecule has 2 heterocycles. The fraction of sp³-hybridized carbons (Fsp3) is 0.727. The number of nitrogens with zero attached hydrogens (tertiary/aromatic N) is 1. The average molecular weight is 226 g/mol. The Kier molecular flexibility index (Phi) is 4.11. The first-order valence-corrected chi connectivity index (χ1v) is 6.44. The number of hydrogen-bond acceptors (Lipinski definition) is 4. The molecule has 1 aromatic rings. The van der Waals surface area contributed by atoms with Crippen LogP contribution in [0.15, 0.2) is 5.38 Å². The van der Waals surface area contributed by atoms with E-state index >= 15 is 0 Å². The van der Waals surface area contributed by atoms with E-state index < -0.39 is 0 Å². The van der Waals surface area contributed by atoms with Crippen LogP contribution in [0.5, 0.6) is 0 Å². The summed E-state index contributed by atoms with van der Waals surface area (Å²) in [7, 11) is 0. The van der Waals surface area contributed by atoms with Crippen LogP contribution in [0.25, 0.3) is 0 Å². The second-order valence-corrected chi connectivity index (χ2v) is 5.04. The molecular formula is C11H18N2OS. The molecule has 1 aromatic heterocycles. The molecule has 2 rings (SSSR count). The smallest absolute Gasteiger partial charge is 0.0897 e. The first-order valence-electron chi connectivity index (χ1n) is 5.57. The Morgan fingerprint density at radius 1 is 1.53 bits per heavy atom. The van der Waals surface area contributed by atoms with E-state index in [1.165, 1.54) is 18.5 Å². The Balaban J connectivity index is 1.76. The molecule has 1 N–H and O–H groups in total. The van der Waals surface area contributed by atoms with Crippen LogP contribution in [0.3, 0.4) is 0 Å². The zero-order valence-corrected chi connectivity index (χ0v) is 9.98. The summed E-state index contributed by atoms with van der Waals surface area (Å²) >= 11 is 1.72. The second kappa shape index (κ2) is 5.58. The first kappa shape index (κ1) is 11.0. The van der Waals surface area contributed by atoms with Crippen molar-refractivity contribution in [2.45, 2.75) is 38.8 Å². The lowest BCUT2D eigenvalue weighted by atomic mass is 10.1. The van der Waals surface area contributed by atoms with Crippen LogP contribution in [-0.4, -0.2) is 24.2 Å². The lowest BCUT2D eigenvalue weighted by Crippen LogP contribution is -2.28. The van der Waals surface area contributed by atoms with Gasteiger partial charge in [-0.2, -0.15) is 0 Å². The van der Waals surface area contributed by atoms with Gasteiger partial charge in [-0.25, -0.2) is 4.98 Å². The standard InChI is InChI=1S/C11H18N2OS/c1-9-13-11(8-15-9)7-12-10-3-2-5-14-6-4-10/h8,10,12H,2-7H2,1H3. The molecular weight excluding hydrogens is 208 g/mol. The summed E-state index contributed by atoms with van der Waals surface area (Å²) in [6.45, 7) is 4.77. The Bertz CT molecular complexity index is 293. The molecule has 0 radical (unpaired) electrons. The highest BCUT2D eigenvalue weighted by molar-refractivity contribution is 7.09. The molecule has 1 fully saturated rings. The Hall–Kier alpha value is -0.450. The van der Waals surface area contributed by atoms with Crippen LogP contribution >= 0.6 is 11.3 Å². The van der Waals surface area contributed by atoms with E-state index in [4.69, 9.17) is 4.74 Å². The second-order valence-electron chi connectivity index (χ2n) is 3.98. The van der Waals surface area contributed by atoms with Gasteiger partial charge in [-0.05, 0) is 26.2 Å². The minimum Gasteiger partial charge on any atom is -0.381 e. The van der Waals surface area contributed by atoms with Crippen molar-refractivity contribution in [1.82, 2.24) is 10.3 Å². The number of thiazole rings is 1. The number of nitrogens with one attached hydrogen (secondary N) is 1. The van der Waals surface area contributed by atoms with E-state index in [2.05, 4.69) is 15.7 Å². The fourth-order valence-electron chi connectivity index (χ4n) is 1.85. The van der Waals surface area contributed by atoms with Gasteiger partial charge in [-0.3, -0.25) is 0 Å². The topological polar surface area (TPSA) is 34.2 Å². The van der Waals surface area contributed by atoms with Gasteiger partial charge in [0.1, 0.15) is 0 Å². The van der Waals surface area contributed by atoms with Gasteiger partial charge in [0, 0.05) is 31.2 Å². The Morgan fingerprint density at radius 3 is 3.27 bits per heavy atom.